The summed E-state index contributed by atoms with van der Waals surface area (Å²) in [5.74, 6) is -0.468. The van der Waals surface area contributed by atoms with E-state index in [0.29, 0.717) is 11.5 Å². The van der Waals surface area contributed by atoms with Crippen molar-refractivity contribution in [1.82, 2.24) is 19.7 Å². The summed E-state index contributed by atoms with van der Waals surface area (Å²) in [6.45, 7) is 1.70. The third-order valence-electron chi connectivity index (χ3n) is 3.18. The fourth-order valence-corrected chi connectivity index (χ4v) is 2.08. The van der Waals surface area contributed by atoms with E-state index in [0.717, 1.165) is 11.3 Å². The molecule has 0 bridgehead atoms. The van der Waals surface area contributed by atoms with Crippen LogP contribution in [0.1, 0.15) is 16.1 Å². The van der Waals surface area contributed by atoms with Crippen molar-refractivity contribution >= 4 is 5.97 Å². The highest BCUT2D eigenvalue weighted by Crippen LogP contribution is 2.19. The Morgan fingerprint density at radius 1 is 1.19 bits per heavy atom. The van der Waals surface area contributed by atoms with Crippen molar-refractivity contribution < 1.29 is 9.90 Å². The van der Waals surface area contributed by atoms with Gasteiger partial charge in [-0.1, -0.05) is 30.3 Å². The van der Waals surface area contributed by atoms with E-state index in [1.165, 1.54) is 17.2 Å². The smallest absolute Gasteiger partial charge is 0.339 e. The summed E-state index contributed by atoms with van der Waals surface area (Å²) in [7, 11) is 0. The summed E-state index contributed by atoms with van der Waals surface area (Å²) in [5.41, 5.74) is 2.41. The minimum absolute atomic E-state index is 0.162. The summed E-state index contributed by atoms with van der Waals surface area (Å²) in [6.07, 6.45) is 2.77. The Bertz CT molecular complexity index is 796. The van der Waals surface area contributed by atoms with Crippen LogP contribution in [0.25, 0.3) is 17.1 Å². The number of nitrogens with zero attached hydrogens (tertiary/aromatic N) is 4. The predicted octanol–water partition coefficient (Wildman–Crippen LogP) is 2.34. The van der Waals surface area contributed by atoms with Crippen molar-refractivity contribution in [3.05, 3.63) is 60.2 Å². The molecule has 0 spiro atoms. The van der Waals surface area contributed by atoms with E-state index in [2.05, 4.69) is 15.1 Å². The molecule has 21 heavy (non-hydrogen) atoms. The van der Waals surface area contributed by atoms with Gasteiger partial charge in [0.2, 0.25) is 0 Å². The number of benzene rings is 1. The van der Waals surface area contributed by atoms with Crippen LogP contribution in [-0.4, -0.2) is 30.8 Å². The lowest BCUT2D eigenvalue weighted by atomic mass is 10.1. The lowest BCUT2D eigenvalue weighted by molar-refractivity contribution is 0.0696. The van der Waals surface area contributed by atoms with E-state index in [9.17, 15) is 4.79 Å². The molecule has 0 saturated heterocycles. The molecule has 0 amide bonds. The molecule has 0 radical (unpaired) electrons. The molecule has 0 atom stereocenters. The average molecular weight is 280 g/mol. The summed E-state index contributed by atoms with van der Waals surface area (Å²) < 4.78 is 1.50. The van der Waals surface area contributed by atoms with E-state index >= 15 is 0 Å². The molecule has 0 saturated carbocycles. The van der Waals surface area contributed by atoms with Crippen LogP contribution in [0.15, 0.2) is 48.9 Å². The Morgan fingerprint density at radius 3 is 2.62 bits per heavy atom. The molecule has 2 aromatic heterocycles. The fourth-order valence-electron chi connectivity index (χ4n) is 2.08. The van der Waals surface area contributed by atoms with Crippen molar-refractivity contribution in [2.75, 3.05) is 0 Å². The lowest BCUT2D eigenvalue weighted by Crippen LogP contribution is -2.05. The number of aromatic carboxylic acids is 1. The zero-order chi connectivity index (χ0) is 14.8. The first-order chi connectivity index (χ1) is 10.2. The van der Waals surface area contributed by atoms with Crippen LogP contribution in [0.5, 0.6) is 0 Å². The third-order valence-corrected chi connectivity index (χ3v) is 3.18. The van der Waals surface area contributed by atoms with Crippen molar-refractivity contribution in [2.45, 2.75) is 6.92 Å². The SMILES string of the molecule is Cc1c(C(=O)O)cnn1-c1cc(-c2ccccc2)ncn1. The molecule has 3 rings (SSSR count). The summed E-state index contributed by atoms with van der Waals surface area (Å²) in [6, 6.07) is 11.5. The summed E-state index contributed by atoms with van der Waals surface area (Å²) >= 11 is 0. The Hall–Kier alpha value is -3.02. The molecule has 2 heterocycles. The first kappa shape index (κ1) is 13.0. The molecule has 0 fully saturated rings. The second-order valence-corrected chi connectivity index (χ2v) is 4.49. The van der Waals surface area contributed by atoms with E-state index < -0.39 is 5.97 Å². The van der Waals surface area contributed by atoms with Gasteiger partial charge in [0.1, 0.15) is 11.9 Å². The molecule has 0 unspecified atom stereocenters. The van der Waals surface area contributed by atoms with Gasteiger partial charge in [-0.05, 0) is 6.92 Å². The molecule has 0 aliphatic carbocycles. The topological polar surface area (TPSA) is 80.9 Å². The van der Waals surface area contributed by atoms with Crippen LogP contribution in [0.3, 0.4) is 0 Å². The second kappa shape index (κ2) is 5.16. The standard InChI is InChI=1S/C15H12N4O2/c1-10-12(15(20)21)8-18-19(10)14-7-13(16-9-17-14)11-5-3-2-4-6-11/h2-9H,1H3,(H,20,21). The van der Waals surface area contributed by atoms with Crippen LogP contribution in [0.4, 0.5) is 0 Å². The molecular weight excluding hydrogens is 268 g/mol. The number of rotatable bonds is 3. The molecule has 1 aromatic carbocycles. The third kappa shape index (κ3) is 2.38. The molecule has 3 aromatic rings. The van der Waals surface area contributed by atoms with Crippen LogP contribution >= 0.6 is 0 Å². The van der Waals surface area contributed by atoms with Gasteiger partial charge < -0.3 is 5.11 Å². The maximum absolute atomic E-state index is 11.1. The molecule has 1 N–H and O–H groups in total. The van der Waals surface area contributed by atoms with Crippen LogP contribution in [-0.2, 0) is 0 Å². The number of carbonyl (C=O) groups is 1. The minimum atomic E-state index is -1.00. The van der Waals surface area contributed by atoms with E-state index in [1.54, 1.807) is 13.0 Å². The van der Waals surface area contributed by atoms with E-state index in [4.69, 9.17) is 5.11 Å². The van der Waals surface area contributed by atoms with Crippen LogP contribution in [0.2, 0.25) is 0 Å². The molecule has 104 valence electrons. The number of hydrogen-bond donors (Lipinski definition) is 1. The maximum atomic E-state index is 11.1. The molecule has 0 aliphatic rings. The molecule has 6 heteroatoms. The van der Waals surface area contributed by atoms with Gasteiger partial charge in [-0.25, -0.2) is 19.4 Å². The minimum Gasteiger partial charge on any atom is -0.478 e. The van der Waals surface area contributed by atoms with Crippen LogP contribution < -0.4 is 0 Å². The first-order valence-corrected chi connectivity index (χ1v) is 6.32. The van der Waals surface area contributed by atoms with Crippen molar-refractivity contribution in [1.29, 1.82) is 0 Å². The average Bonchev–Trinajstić information content (AvgIpc) is 2.90. The normalized spacial score (nSPS) is 10.5. The first-order valence-electron chi connectivity index (χ1n) is 6.32. The van der Waals surface area contributed by atoms with Crippen LogP contribution in [0, 0.1) is 6.92 Å². The predicted molar refractivity (Wildman–Crippen MR) is 76.3 cm³/mol. The second-order valence-electron chi connectivity index (χ2n) is 4.49. The van der Waals surface area contributed by atoms with Gasteiger partial charge in [-0.2, -0.15) is 5.10 Å². The van der Waals surface area contributed by atoms with Gasteiger partial charge in [-0.3, -0.25) is 0 Å². The Labute approximate surface area is 120 Å². The highest BCUT2D eigenvalue weighted by Gasteiger charge is 2.15. The molecule has 6 nitrogen and oxygen atoms in total. The van der Waals surface area contributed by atoms with Gasteiger partial charge in [0.05, 0.1) is 17.6 Å². The van der Waals surface area contributed by atoms with Crippen molar-refractivity contribution in [3.63, 3.8) is 0 Å². The number of aromatic nitrogens is 4. The number of hydrogen-bond acceptors (Lipinski definition) is 4. The highest BCUT2D eigenvalue weighted by atomic mass is 16.4. The van der Waals surface area contributed by atoms with Gasteiger partial charge in [0.15, 0.2) is 5.82 Å². The quantitative estimate of drug-likeness (QED) is 0.796. The number of carboxylic acids is 1. The fraction of sp³-hybridized carbons (Fsp3) is 0.0667. The Balaban J connectivity index is 2.07. The summed E-state index contributed by atoms with van der Waals surface area (Å²) in [4.78, 5) is 19.5. The Kier molecular flexibility index (Phi) is 3.19. The molecular formula is C15H12N4O2. The zero-order valence-electron chi connectivity index (χ0n) is 11.3. The molecule has 0 aliphatic heterocycles. The lowest BCUT2D eigenvalue weighted by Gasteiger charge is -2.06. The Morgan fingerprint density at radius 2 is 1.95 bits per heavy atom. The van der Waals surface area contributed by atoms with Gasteiger partial charge in [0, 0.05) is 11.6 Å². The largest absolute Gasteiger partial charge is 0.478 e. The zero-order valence-corrected chi connectivity index (χ0v) is 11.3. The maximum Gasteiger partial charge on any atom is 0.339 e. The van der Waals surface area contributed by atoms with Gasteiger partial charge >= 0.3 is 5.97 Å². The van der Waals surface area contributed by atoms with Crippen molar-refractivity contribution in [2.24, 2.45) is 0 Å². The van der Waals surface area contributed by atoms with Crippen molar-refractivity contribution in [3.8, 4) is 17.1 Å². The monoisotopic (exact) mass is 280 g/mol. The summed E-state index contributed by atoms with van der Waals surface area (Å²) in [5, 5.41) is 13.2. The van der Waals surface area contributed by atoms with E-state index in [1.807, 2.05) is 30.3 Å². The van der Waals surface area contributed by atoms with Gasteiger partial charge in [0.25, 0.3) is 0 Å². The van der Waals surface area contributed by atoms with E-state index in [-0.39, 0.29) is 5.56 Å². The van der Waals surface area contributed by atoms with Gasteiger partial charge in [-0.15, -0.1) is 0 Å². The highest BCUT2D eigenvalue weighted by molar-refractivity contribution is 5.88. The number of carboxylic acid groups (broad SMARTS) is 1.